The summed E-state index contributed by atoms with van der Waals surface area (Å²) in [5.74, 6) is -0.147. The van der Waals surface area contributed by atoms with Crippen molar-refractivity contribution in [3.05, 3.63) is 29.3 Å². The van der Waals surface area contributed by atoms with Gasteiger partial charge in [-0.1, -0.05) is 25.3 Å². The van der Waals surface area contributed by atoms with Gasteiger partial charge in [0.05, 0.1) is 11.9 Å². The van der Waals surface area contributed by atoms with Crippen molar-refractivity contribution < 1.29 is 13.2 Å². The number of likely N-dealkylation sites (N-methyl/N-ethyl adjacent to an activating group) is 1. The van der Waals surface area contributed by atoms with Crippen molar-refractivity contribution in [2.45, 2.75) is 52.0 Å². The first kappa shape index (κ1) is 18.8. The second kappa shape index (κ2) is 7.55. The Balaban J connectivity index is 2.21. The van der Waals surface area contributed by atoms with Gasteiger partial charge in [-0.05, 0) is 49.9 Å². The first-order chi connectivity index (χ1) is 11.2. The van der Waals surface area contributed by atoms with Crippen LogP contribution in [0.3, 0.4) is 0 Å². The van der Waals surface area contributed by atoms with Crippen molar-refractivity contribution in [1.82, 2.24) is 4.90 Å². The van der Waals surface area contributed by atoms with Crippen LogP contribution < -0.4 is 4.31 Å². The molecule has 0 unspecified atom stereocenters. The predicted octanol–water partition coefficient (Wildman–Crippen LogP) is 2.86. The monoisotopic (exact) mass is 352 g/mol. The number of carbonyl (C=O) groups excluding carboxylic acids is 1. The molecule has 0 radical (unpaired) electrons. The third-order valence-electron chi connectivity index (χ3n) is 4.69. The number of hydrogen-bond acceptors (Lipinski definition) is 3. The summed E-state index contributed by atoms with van der Waals surface area (Å²) in [4.78, 5) is 14.4. The number of benzene rings is 1. The third kappa shape index (κ3) is 4.72. The fourth-order valence-corrected chi connectivity index (χ4v) is 4.23. The van der Waals surface area contributed by atoms with Gasteiger partial charge in [0.15, 0.2) is 0 Å². The van der Waals surface area contributed by atoms with E-state index in [0.29, 0.717) is 5.69 Å². The zero-order valence-corrected chi connectivity index (χ0v) is 15.9. The molecule has 1 amide bonds. The summed E-state index contributed by atoms with van der Waals surface area (Å²) in [5, 5.41) is 0. The molecule has 0 aromatic heterocycles. The molecule has 6 heteroatoms. The lowest BCUT2D eigenvalue weighted by Gasteiger charge is -2.33. The van der Waals surface area contributed by atoms with E-state index >= 15 is 0 Å². The minimum atomic E-state index is -3.52. The Morgan fingerprint density at radius 1 is 1.08 bits per heavy atom. The maximum absolute atomic E-state index is 12.7. The first-order valence-corrected chi connectivity index (χ1v) is 10.3. The summed E-state index contributed by atoms with van der Waals surface area (Å²) in [7, 11) is -1.73. The van der Waals surface area contributed by atoms with Crippen molar-refractivity contribution >= 4 is 21.6 Å². The van der Waals surface area contributed by atoms with Crippen LogP contribution in [0.4, 0.5) is 5.69 Å². The quantitative estimate of drug-likeness (QED) is 0.819. The topological polar surface area (TPSA) is 57.7 Å². The molecule has 1 fully saturated rings. The molecule has 5 nitrogen and oxygen atoms in total. The Labute approximate surface area is 145 Å². The predicted molar refractivity (Wildman–Crippen MR) is 97.7 cm³/mol. The van der Waals surface area contributed by atoms with E-state index in [9.17, 15) is 13.2 Å². The van der Waals surface area contributed by atoms with Crippen LogP contribution >= 0.6 is 0 Å². The molecule has 1 aliphatic rings. The Kier molecular flexibility index (Phi) is 5.91. The molecule has 0 aliphatic heterocycles. The Morgan fingerprint density at radius 2 is 1.62 bits per heavy atom. The van der Waals surface area contributed by atoms with Crippen LogP contribution in [0.1, 0.15) is 43.2 Å². The standard InChI is InChI=1S/C18H28N2O3S/c1-14-10-15(2)12-17(11-14)20(24(4,22)23)13-18(21)19(3)16-8-6-5-7-9-16/h10-12,16H,5-9,13H2,1-4H3. The van der Waals surface area contributed by atoms with E-state index in [0.717, 1.165) is 43.1 Å². The SMILES string of the molecule is Cc1cc(C)cc(N(CC(=O)N(C)C2CCCCC2)S(C)(=O)=O)c1. The first-order valence-electron chi connectivity index (χ1n) is 8.50. The van der Waals surface area contributed by atoms with Gasteiger partial charge in [0.25, 0.3) is 0 Å². The lowest BCUT2D eigenvalue weighted by molar-refractivity contribution is -0.130. The van der Waals surface area contributed by atoms with E-state index in [2.05, 4.69) is 0 Å². The van der Waals surface area contributed by atoms with Crippen molar-refractivity contribution in [2.24, 2.45) is 0 Å². The highest BCUT2D eigenvalue weighted by atomic mass is 32.2. The number of sulfonamides is 1. The minimum Gasteiger partial charge on any atom is -0.341 e. The summed E-state index contributed by atoms with van der Waals surface area (Å²) in [5.41, 5.74) is 2.51. The van der Waals surface area contributed by atoms with E-state index in [4.69, 9.17) is 0 Å². The molecule has 1 saturated carbocycles. The highest BCUT2D eigenvalue weighted by Gasteiger charge is 2.27. The van der Waals surface area contributed by atoms with Crippen LogP contribution in [-0.4, -0.2) is 45.1 Å². The van der Waals surface area contributed by atoms with Gasteiger partial charge in [0, 0.05) is 13.1 Å². The molecular weight excluding hydrogens is 324 g/mol. The third-order valence-corrected chi connectivity index (χ3v) is 5.83. The molecule has 0 spiro atoms. The molecule has 0 saturated heterocycles. The summed E-state index contributed by atoms with van der Waals surface area (Å²) in [6.45, 7) is 3.70. The summed E-state index contributed by atoms with van der Waals surface area (Å²) in [6.07, 6.45) is 6.65. The molecule has 0 bridgehead atoms. The molecule has 0 atom stereocenters. The highest BCUT2D eigenvalue weighted by molar-refractivity contribution is 7.92. The van der Waals surface area contributed by atoms with Crippen molar-refractivity contribution in [1.29, 1.82) is 0 Å². The largest absolute Gasteiger partial charge is 0.341 e. The maximum Gasteiger partial charge on any atom is 0.243 e. The molecule has 1 aromatic carbocycles. The number of rotatable bonds is 5. The summed E-state index contributed by atoms with van der Waals surface area (Å²) < 4.78 is 25.7. The van der Waals surface area contributed by atoms with Gasteiger partial charge in [-0.3, -0.25) is 9.10 Å². The molecule has 1 aromatic rings. The zero-order chi connectivity index (χ0) is 17.9. The Bertz CT molecular complexity index is 674. The van der Waals surface area contributed by atoms with E-state index in [1.807, 2.05) is 32.0 Å². The molecule has 0 heterocycles. The fraction of sp³-hybridized carbons (Fsp3) is 0.611. The van der Waals surface area contributed by atoms with Gasteiger partial charge >= 0.3 is 0 Å². The van der Waals surface area contributed by atoms with Crippen LogP contribution in [0, 0.1) is 13.8 Å². The van der Waals surface area contributed by atoms with Gasteiger partial charge < -0.3 is 4.90 Å². The smallest absolute Gasteiger partial charge is 0.243 e. The average molecular weight is 353 g/mol. The van der Waals surface area contributed by atoms with Crippen LogP contribution in [0.2, 0.25) is 0 Å². The van der Waals surface area contributed by atoms with Crippen molar-refractivity contribution in [3.63, 3.8) is 0 Å². The highest BCUT2D eigenvalue weighted by Crippen LogP contribution is 2.24. The van der Waals surface area contributed by atoms with E-state index in [1.165, 1.54) is 10.7 Å². The second-order valence-corrected chi connectivity index (χ2v) is 8.82. The molecule has 24 heavy (non-hydrogen) atoms. The van der Waals surface area contributed by atoms with Crippen molar-refractivity contribution in [3.8, 4) is 0 Å². The number of anilines is 1. The normalized spacial score (nSPS) is 16.0. The maximum atomic E-state index is 12.7. The summed E-state index contributed by atoms with van der Waals surface area (Å²) in [6, 6.07) is 5.83. The van der Waals surface area contributed by atoms with Gasteiger partial charge in [0.2, 0.25) is 15.9 Å². The van der Waals surface area contributed by atoms with Crippen LogP contribution in [-0.2, 0) is 14.8 Å². The molecule has 2 rings (SSSR count). The molecule has 134 valence electrons. The van der Waals surface area contributed by atoms with Gasteiger partial charge in [-0.25, -0.2) is 8.42 Å². The van der Waals surface area contributed by atoms with Gasteiger partial charge in [0.1, 0.15) is 6.54 Å². The lowest BCUT2D eigenvalue weighted by Crippen LogP contribution is -2.45. The van der Waals surface area contributed by atoms with Crippen molar-refractivity contribution in [2.75, 3.05) is 24.2 Å². The summed E-state index contributed by atoms with van der Waals surface area (Å²) >= 11 is 0. The van der Waals surface area contributed by atoms with Gasteiger partial charge in [-0.2, -0.15) is 0 Å². The molecule has 1 aliphatic carbocycles. The van der Waals surface area contributed by atoms with Crippen LogP contribution in [0.25, 0.3) is 0 Å². The number of hydrogen-bond donors (Lipinski definition) is 0. The number of aryl methyl sites for hydroxylation is 2. The van der Waals surface area contributed by atoms with E-state index < -0.39 is 10.0 Å². The van der Waals surface area contributed by atoms with E-state index in [-0.39, 0.29) is 18.5 Å². The van der Waals surface area contributed by atoms with Crippen LogP contribution in [0.15, 0.2) is 18.2 Å². The molecular formula is C18H28N2O3S. The zero-order valence-electron chi connectivity index (χ0n) is 15.1. The second-order valence-electron chi connectivity index (χ2n) is 6.91. The number of amides is 1. The molecule has 0 N–H and O–H groups in total. The van der Waals surface area contributed by atoms with Gasteiger partial charge in [-0.15, -0.1) is 0 Å². The average Bonchev–Trinajstić information content (AvgIpc) is 2.50. The van der Waals surface area contributed by atoms with E-state index in [1.54, 1.807) is 11.9 Å². The number of carbonyl (C=O) groups is 1. The fourth-order valence-electron chi connectivity index (χ4n) is 3.40. The van der Waals surface area contributed by atoms with Crippen LogP contribution in [0.5, 0.6) is 0 Å². The Morgan fingerprint density at radius 3 is 2.12 bits per heavy atom. The number of nitrogens with zero attached hydrogens (tertiary/aromatic N) is 2. The Hall–Kier alpha value is -1.56. The minimum absolute atomic E-state index is 0.144. The lowest BCUT2D eigenvalue weighted by atomic mass is 9.94.